The van der Waals surface area contributed by atoms with Crippen LogP contribution in [-0.2, 0) is 6.54 Å². The molecule has 4 heteroatoms. The zero-order chi connectivity index (χ0) is 14.7. The predicted molar refractivity (Wildman–Crippen MR) is 83.7 cm³/mol. The van der Waals surface area contributed by atoms with Crippen LogP contribution in [0.25, 0.3) is 0 Å². The molecule has 2 nitrogen and oxygen atoms in total. The van der Waals surface area contributed by atoms with Crippen LogP contribution in [0.2, 0.25) is 0 Å². The van der Waals surface area contributed by atoms with E-state index in [4.69, 9.17) is 0 Å². The molecule has 1 aromatic carbocycles. The van der Waals surface area contributed by atoms with Crippen LogP contribution in [0.4, 0.5) is 4.39 Å². The van der Waals surface area contributed by atoms with Crippen LogP contribution in [0, 0.1) is 5.82 Å². The summed E-state index contributed by atoms with van der Waals surface area (Å²) in [7, 11) is 0. The standard InChI is InChI=1S/C17H20FNOS/c18-14-4-1-3-13(11-14)17(20)8-9-19(15-6-7-15)12-16-5-2-10-21-16/h1-5,10-11,15,17,20H,6-9,12H2. The molecule has 2 aromatic rings. The summed E-state index contributed by atoms with van der Waals surface area (Å²) in [5.74, 6) is -0.288. The maximum absolute atomic E-state index is 13.2. The van der Waals surface area contributed by atoms with Crippen LogP contribution in [-0.4, -0.2) is 22.6 Å². The fraction of sp³-hybridized carbons (Fsp3) is 0.412. The van der Waals surface area contributed by atoms with E-state index in [1.165, 1.54) is 29.9 Å². The van der Waals surface area contributed by atoms with Crippen molar-refractivity contribution >= 4 is 11.3 Å². The Morgan fingerprint density at radius 2 is 2.14 bits per heavy atom. The molecule has 0 spiro atoms. The van der Waals surface area contributed by atoms with Gasteiger partial charge < -0.3 is 5.11 Å². The number of halogens is 1. The van der Waals surface area contributed by atoms with Crippen LogP contribution >= 0.6 is 11.3 Å². The molecule has 1 aliphatic carbocycles. The smallest absolute Gasteiger partial charge is 0.123 e. The summed E-state index contributed by atoms with van der Waals surface area (Å²) in [6.07, 6.45) is 2.55. The molecule has 1 fully saturated rings. The summed E-state index contributed by atoms with van der Waals surface area (Å²) in [6, 6.07) is 11.2. The lowest BCUT2D eigenvalue weighted by Crippen LogP contribution is -2.27. The highest BCUT2D eigenvalue weighted by Gasteiger charge is 2.29. The lowest BCUT2D eigenvalue weighted by atomic mass is 10.1. The largest absolute Gasteiger partial charge is 0.388 e. The first kappa shape index (κ1) is 14.7. The second kappa shape index (κ2) is 6.69. The Bertz CT molecular complexity index is 568. The zero-order valence-electron chi connectivity index (χ0n) is 11.9. The molecule has 0 bridgehead atoms. The Labute approximate surface area is 128 Å². The van der Waals surface area contributed by atoms with Gasteiger partial charge in [-0.1, -0.05) is 18.2 Å². The summed E-state index contributed by atoms with van der Waals surface area (Å²) >= 11 is 1.78. The van der Waals surface area contributed by atoms with Crippen molar-refractivity contribution in [3.05, 3.63) is 58.0 Å². The van der Waals surface area contributed by atoms with Gasteiger partial charge in [0.05, 0.1) is 6.10 Å². The zero-order valence-corrected chi connectivity index (χ0v) is 12.7. The van der Waals surface area contributed by atoms with Gasteiger partial charge in [-0.05, 0) is 48.4 Å². The minimum atomic E-state index is -0.592. The summed E-state index contributed by atoms with van der Waals surface area (Å²) in [6.45, 7) is 1.80. The predicted octanol–water partition coefficient (Wildman–Crippen LogP) is 3.98. The van der Waals surface area contributed by atoms with Crippen molar-refractivity contribution in [2.75, 3.05) is 6.54 Å². The molecule has 1 atom stereocenters. The SMILES string of the molecule is OC(CCN(Cc1cccs1)C1CC1)c1cccc(F)c1. The van der Waals surface area contributed by atoms with Crippen LogP contribution < -0.4 is 0 Å². The van der Waals surface area contributed by atoms with Gasteiger partial charge in [0.15, 0.2) is 0 Å². The number of thiophene rings is 1. The molecule has 0 radical (unpaired) electrons. The van der Waals surface area contributed by atoms with Crippen LogP contribution in [0.3, 0.4) is 0 Å². The molecule has 0 aliphatic heterocycles. The first-order valence-electron chi connectivity index (χ1n) is 7.42. The van der Waals surface area contributed by atoms with Gasteiger partial charge in [-0.25, -0.2) is 4.39 Å². The third-order valence-corrected chi connectivity index (χ3v) is 4.79. The van der Waals surface area contributed by atoms with Gasteiger partial charge in [0, 0.05) is 24.0 Å². The van der Waals surface area contributed by atoms with Gasteiger partial charge in [0.2, 0.25) is 0 Å². The van der Waals surface area contributed by atoms with Crippen molar-refractivity contribution in [1.82, 2.24) is 4.90 Å². The maximum atomic E-state index is 13.2. The van der Waals surface area contributed by atoms with Gasteiger partial charge in [-0.2, -0.15) is 0 Å². The first-order valence-corrected chi connectivity index (χ1v) is 8.30. The van der Waals surface area contributed by atoms with E-state index in [0.717, 1.165) is 13.1 Å². The molecule has 3 rings (SSSR count). The van der Waals surface area contributed by atoms with E-state index < -0.39 is 6.10 Å². The average molecular weight is 305 g/mol. The van der Waals surface area contributed by atoms with Gasteiger partial charge in [0.1, 0.15) is 5.82 Å². The molecule has 0 saturated heterocycles. The number of hydrogen-bond donors (Lipinski definition) is 1. The highest BCUT2D eigenvalue weighted by molar-refractivity contribution is 7.09. The number of aliphatic hydroxyl groups is 1. The fourth-order valence-corrected chi connectivity index (χ4v) is 3.33. The van der Waals surface area contributed by atoms with E-state index >= 15 is 0 Å². The monoisotopic (exact) mass is 305 g/mol. The Kier molecular flexibility index (Phi) is 4.68. The van der Waals surface area contributed by atoms with Gasteiger partial charge in [0.25, 0.3) is 0 Å². The molecule has 1 aromatic heterocycles. The molecule has 0 amide bonds. The van der Waals surface area contributed by atoms with Gasteiger partial charge in [-0.3, -0.25) is 4.90 Å². The van der Waals surface area contributed by atoms with Crippen LogP contribution in [0.1, 0.15) is 35.8 Å². The van der Waals surface area contributed by atoms with Crippen LogP contribution in [0.5, 0.6) is 0 Å². The van der Waals surface area contributed by atoms with Crippen LogP contribution in [0.15, 0.2) is 41.8 Å². The Morgan fingerprint density at radius 1 is 1.29 bits per heavy atom. The normalized spacial score (nSPS) is 16.3. The first-order chi connectivity index (χ1) is 10.2. The van der Waals surface area contributed by atoms with Gasteiger partial charge >= 0.3 is 0 Å². The molecule has 1 aliphatic rings. The van der Waals surface area contributed by atoms with E-state index in [1.807, 2.05) is 0 Å². The topological polar surface area (TPSA) is 23.5 Å². The lowest BCUT2D eigenvalue weighted by Gasteiger charge is -2.23. The Balaban J connectivity index is 1.56. The van der Waals surface area contributed by atoms with Crippen molar-refractivity contribution < 1.29 is 9.50 Å². The number of benzene rings is 1. The number of hydrogen-bond acceptors (Lipinski definition) is 3. The third kappa shape index (κ3) is 4.13. The summed E-state index contributed by atoms with van der Waals surface area (Å²) in [5, 5.41) is 12.3. The Morgan fingerprint density at radius 3 is 2.81 bits per heavy atom. The molecular weight excluding hydrogens is 285 g/mol. The molecule has 112 valence electrons. The number of nitrogens with zero attached hydrogens (tertiary/aromatic N) is 1. The summed E-state index contributed by atoms with van der Waals surface area (Å²) in [4.78, 5) is 3.80. The molecular formula is C17H20FNOS. The second-order valence-electron chi connectivity index (χ2n) is 5.64. The minimum absolute atomic E-state index is 0.288. The summed E-state index contributed by atoms with van der Waals surface area (Å²) in [5.41, 5.74) is 0.668. The van der Waals surface area contributed by atoms with Crippen molar-refractivity contribution in [2.24, 2.45) is 0 Å². The van der Waals surface area contributed by atoms with E-state index in [0.29, 0.717) is 18.0 Å². The van der Waals surface area contributed by atoms with Crippen molar-refractivity contribution in [2.45, 2.75) is 38.0 Å². The van der Waals surface area contributed by atoms with E-state index in [-0.39, 0.29) is 5.82 Å². The maximum Gasteiger partial charge on any atom is 0.123 e. The van der Waals surface area contributed by atoms with Crippen molar-refractivity contribution in [3.63, 3.8) is 0 Å². The van der Waals surface area contributed by atoms with E-state index in [1.54, 1.807) is 23.5 Å². The highest BCUT2D eigenvalue weighted by atomic mass is 32.1. The van der Waals surface area contributed by atoms with Crippen molar-refractivity contribution in [1.29, 1.82) is 0 Å². The molecule has 21 heavy (non-hydrogen) atoms. The van der Waals surface area contributed by atoms with Gasteiger partial charge in [-0.15, -0.1) is 11.3 Å². The average Bonchev–Trinajstić information content (AvgIpc) is 3.20. The fourth-order valence-electron chi connectivity index (χ4n) is 2.60. The minimum Gasteiger partial charge on any atom is -0.388 e. The third-order valence-electron chi connectivity index (χ3n) is 3.93. The summed E-state index contributed by atoms with van der Waals surface area (Å²) < 4.78 is 13.2. The lowest BCUT2D eigenvalue weighted by molar-refractivity contribution is 0.137. The second-order valence-corrected chi connectivity index (χ2v) is 6.67. The van der Waals surface area contributed by atoms with E-state index in [9.17, 15) is 9.50 Å². The number of rotatable bonds is 7. The molecule has 1 N–H and O–H groups in total. The number of aliphatic hydroxyl groups excluding tert-OH is 1. The molecule has 1 saturated carbocycles. The van der Waals surface area contributed by atoms with E-state index in [2.05, 4.69) is 22.4 Å². The van der Waals surface area contributed by atoms with Crippen molar-refractivity contribution in [3.8, 4) is 0 Å². The Hall–Kier alpha value is -1.23. The quantitative estimate of drug-likeness (QED) is 0.836. The molecule has 1 unspecified atom stereocenters. The highest BCUT2D eigenvalue weighted by Crippen LogP contribution is 2.30. The molecule has 1 heterocycles.